The average molecular weight is 444 g/mol. The van der Waals surface area contributed by atoms with Crippen LogP contribution in [0.4, 0.5) is 0 Å². The van der Waals surface area contributed by atoms with Gasteiger partial charge in [0.2, 0.25) is 0 Å². The summed E-state index contributed by atoms with van der Waals surface area (Å²) in [6, 6.07) is 0. The summed E-state index contributed by atoms with van der Waals surface area (Å²) in [5.41, 5.74) is 0.435. The lowest BCUT2D eigenvalue weighted by Gasteiger charge is -2.49. The molecule has 0 aliphatic heterocycles. The van der Waals surface area contributed by atoms with Gasteiger partial charge in [0.15, 0.2) is 0 Å². The highest BCUT2D eigenvalue weighted by atomic mass is 79.9. The van der Waals surface area contributed by atoms with Gasteiger partial charge in [0.1, 0.15) is 0 Å². The maximum absolute atomic E-state index is 4.43. The predicted molar refractivity (Wildman–Crippen MR) is 130 cm³/mol. The highest BCUT2D eigenvalue weighted by Crippen LogP contribution is 2.54. The van der Waals surface area contributed by atoms with Crippen molar-refractivity contribution in [2.75, 3.05) is 0 Å². The normalized spacial score (nSPS) is 13.0. The zero-order valence-corrected chi connectivity index (χ0v) is 21.1. The topological polar surface area (TPSA) is 0 Å². The van der Waals surface area contributed by atoms with Crippen molar-refractivity contribution in [1.82, 2.24) is 0 Å². The molecule has 0 N–H and O–H groups in total. The Balaban J connectivity index is 5.52. The number of unbranched alkanes of at least 4 members (excludes halogenated alkanes) is 7. The second-order valence-electron chi connectivity index (χ2n) is 8.83. The number of hydrogen-bond donors (Lipinski definition) is 0. The van der Waals surface area contributed by atoms with E-state index in [9.17, 15) is 0 Å². The standard InChI is InChI=1S/C26H51Br/c1-6-11-16-17-18-19-22-25(20-12-7-2,21-13-8-3)26(27,23-14-9-4)24-15-10-5/h18-19H,6-17,20-24H2,1-5H3/b19-18+. The highest BCUT2D eigenvalue weighted by molar-refractivity contribution is 9.10. The quantitative estimate of drug-likeness (QED) is 0.106. The van der Waals surface area contributed by atoms with Crippen molar-refractivity contribution < 1.29 is 0 Å². The number of halogens is 1. The average Bonchev–Trinajstić information content (AvgIpc) is 2.68. The smallest absolute Gasteiger partial charge is 0.0317 e. The van der Waals surface area contributed by atoms with Gasteiger partial charge in [-0.3, -0.25) is 0 Å². The third-order valence-electron chi connectivity index (χ3n) is 6.47. The molecule has 0 aromatic carbocycles. The van der Waals surface area contributed by atoms with Gasteiger partial charge in [-0.25, -0.2) is 0 Å². The Kier molecular flexibility index (Phi) is 17.2. The molecule has 0 fully saturated rings. The van der Waals surface area contributed by atoms with Gasteiger partial charge >= 0.3 is 0 Å². The van der Waals surface area contributed by atoms with Crippen LogP contribution in [0.25, 0.3) is 0 Å². The van der Waals surface area contributed by atoms with E-state index in [1.807, 2.05) is 0 Å². The van der Waals surface area contributed by atoms with E-state index in [2.05, 4.69) is 62.7 Å². The lowest BCUT2D eigenvalue weighted by atomic mass is 9.63. The van der Waals surface area contributed by atoms with E-state index in [0.29, 0.717) is 9.74 Å². The van der Waals surface area contributed by atoms with E-state index in [-0.39, 0.29) is 0 Å². The minimum Gasteiger partial charge on any atom is -0.0885 e. The fraction of sp³-hybridized carbons (Fsp3) is 0.923. The van der Waals surface area contributed by atoms with Crippen LogP contribution < -0.4 is 0 Å². The molecule has 0 nitrogen and oxygen atoms in total. The van der Waals surface area contributed by atoms with Crippen LogP contribution in [-0.2, 0) is 0 Å². The summed E-state index contributed by atoms with van der Waals surface area (Å²) in [6.45, 7) is 11.7. The van der Waals surface area contributed by atoms with Crippen LogP contribution in [0.1, 0.15) is 144 Å². The van der Waals surface area contributed by atoms with Crippen molar-refractivity contribution in [1.29, 1.82) is 0 Å². The van der Waals surface area contributed by atoms with Crippen LogP contribution >= 0.6 is 15.9 Å². The van der Waals surface area contributed by atoms with Crippen molar-refractivity contribution in [2.45, 2.75) is 148 Å². The van der Waals surface area contributed by atoms with E-state index in [1.54, 1.807) is 0 Å². The molecule has 1 heteroatoms. The van der Waals surface area contributed by atoms with Crippen LogP contribution in [0.15, 0.2) is 12.2 Å². The second-order valence-corrected chi connectivity index (χ2v) is 10.3. The molecule has 0 atom stereocenters. The zero-order chi connectivity index (χ0) is 20.4. The first-order valence-corrected chi connectivity index (χ1v) is 13.2. The molecule has 0 saturated heterocycles. The van der Waals surface area contributed by atoms with Crippen molar-refractivity contribution in [2.24, 2.45) is 5.41 Å². The van der Waals surface area contributed by atoms with E-state index in [0.717, 1.165) is 0 Å². The maximum Gasteiger partial charge on any atom is 0.0317 e. The highest BCUT2D eigenvalue weighted by Gasteiger charge is 2.46. The molecule has 0 amide bonds. The molecule has 0 saturated carbocycles. The van der Waals surface area contributed by atoms with Gasteiger partial charge in [0, 0.05) is 4.32 Å². The number of allylic oxidation sites excluding steroid dienone is 2. The van der Waals surface area contributed by atoms with Crippen molar-refractivity contribution in [3.8, 4) is 0 Å². The van der Waals surface area contributed by atoms with Crippen LogP contribution in [0.3, 0.4) is 0 Å². The second kappa shape index (κ2) is 17.1. The lowest BCUT2D eigenvalue weighted by Crippen LogP contribution is -2.43. The Hall–Kier alpha value is 0.220. The molecule has 0 aromatic heterocycles. The molecule has 162 valence electrons. The summed E-state index contributed by atoms with van der Waals surface area (Å²) in [5, 5.41) is 0. The van der Waals surface area contributed by atoms with Crippen LogP contribution in [-0.4, -0.2) is 4.32 Å². The monoisotopic (exact) mass is 442 g/mol. The van der Waals surface area contributed by atoms with E-state index in [4.69, 9.17) is 0 Å². The fourth-order valence-corrected chi connectivity index (χ4v) is 5.62. The SMILES string of the molecule is CCCCC/C=C/CC(CCCC)(CCCC)C(Br)(CCCC)CCCC. The summed E-state index contributed by atoms with van der Waals surface area (Å²) < 4.78 is 0.324. The van der Waals surface area contributed by atoms with Gasteiger partial charge in [-0.15, -0.1) is 0 Å². The minimum absolute atomic E-state index is 0.324. The molecular formula is C26H51Br. The van der Waals surface area contributed by atoms with E-state index >= 15 is 0 Å². The fourth-order valence-electron chi connectivity index (χ4n) is 4.50. The van der Waals surface area contributed by atoms with Gasteiger partial charge in [-0.1, -0.05) is 127 Å². The predicted octanol–water partition coefficient (Wildman–Crippen LogP) is 10.4. The molecule has 0 unspecified atom stereocenters. The number of hydrogen-bond acceptors (Lipinski definition) is 0. The van der Waals surface area contributed by atoms with E-state index < -0.39 is 0 Å². The van der Waals surface area contributed by atoms with Crippen LogP contribution in [0, 0.1) is 5.41 Å². The lowest BCUT2D eigenvalue weighted by molar-refractivity contribution is 0.136. The summed E-state index contributed by atoms with van der Waals surface area (Å²) in [6.07, 6.45) is 27.8. The molecule has 0 rings (SSSR count). The number of rotatable bonds is 19. The minimum atomic E-state index is 0.324. The molecule has 0 aromatic rings. The van der Waals surface area contributed by atoms with Gasteiger partial charge in [-0.2, -0.15) is 0 Å². The summed E-state index contributed by atoms with van der Waals surface area (Å²) in [7, 11) is 0. The van der Waals surface area contributed by atoms with Gasteiger partial charge in [0.25, 0.3) is 0 Å². The molecule has 0 aliphatic carbocycles. The first kappa shape index (κ1) is 27.2. The Morgan fingerprint density at radius 1 is 0.556 bits per heavy atom. The molecule has 0 aliphatic rings. The Labute approximate surface area is 181 Å². The summed E-state index contributed by atoms with van der Waals surface area (Å²) in [5.74, 6) is 0. The molecule has 0 spiro atoms. The molecule has 27 heavy (non-hydrogen) atoms. The third kappa shape index (κ3) is 10.5. The Bertz CT molecular complexity index is 328. The van der Waals surface area contributed by atoms with Crippen molar-refractivity contribution >= 4 is 15.9 Å². The first-order chi connectivity index (χ1) is 13.1. The van der Waals surface area contributed by atoms with Crippen LogP contribution in [0.2, 0.25) is 0 Å². The molecular weight excluding hydrogens is 392 g/mol. The van der Waals surface area contributed by atoms with Crippen molar-refractivity contribution in [3.63, 3.8) is 0 Å². The van der Waals surface area contributed by atoms with Gasteiger partial charge in [-0.05, 0) is 50.4 Å². The molecule has 0 heterocycles. The molecule has 0 bridgehead atoms. The van der Waals surface area contributed by atoms with Crippen LogP contribution in [0.5, 0.6) is 0 Å². The summed E-state index contributed by atoms with van der Waals surface area (Å²) >= 11 is 4.43. The largest absolute Gasteiger partial charge is 0.0885 e. The zero-order valence-electron chi connectivity index (χ0n) is 19.6. The molecule has 0 radical (unpaired) electrons. The maximum atomic E-state index is 4.43. The first-order valence-electron chi connectivity index (χ1n) is 12.4. The summed E-state index contributed by atoms with van der Waals surface area (Å²) in [4.78, 5) is 0. The van der Waals surface area contributed by atoms with E-state index in [1.165, 1.54) is 109 Å². The van der Waals surface area contributed by atoms with Crippen molar-refractivity contribution in [3.05, 3.63) is 12.2 Å². The van der Waals surface area contributed by atoms with Gasteiger partial charge in [0.05, 0.1) is 0 Å². The Morgan fingerprint density at radius 3 is 1.44 bits per heavy atom. The third-order valence-corrected chi connectivity index (χ3v) is 8.11. The van der Waals surface area contributed by atoms with Gasteiger partial charge < -0.3 is 0 Å². The number of alkyl halides is 1. The Morgan fingerprint density at radius 2 is 1.00 bits per heavy atom.